The van der Waals surface area contributed by atoms with Gasteiger partial charge in [-0.3, -0.25) is 0 Å². The highest BCUT2D eigenvalue weighted by molar-refractivity contribution is 6.32. The zero-order chi connectivity index (χ0) is 13.4. The molecule has 2 nitrogen and oxygen atoms in total. The number of fused-ring (bicyclic) bond motifs is 1. The number of hydrogen-bond donors (Lipinski definition) is 1. The average molecular weight is 278 g/mol. The van der Waals surface area contributed by atoms with Crippen LogP contribution in [0, 0.1) is 12.7 Å². The molecule has 0 radical (unpaired) electrons. The van der Waals surface area contributed by atoms with E-state index in [1.165, 1.54) is 17.7 Å². The van der Waals surface area contributed by atoms with E-state index in [1.807, 2.05) is 25.1 Å². The van der Waals surface area contributed by atoms with E-state index in [4.69, 9.17) is 16.3 Å². The fraction of sp³-hybridized carbons (Fsp3) is 0.200. The molecule has 1 heterocycles. The van der Waals surface area contributed by atoms with Crippen LogP contribution in [0.25, 0.3) is 0 Å². The molecule has 19 heavy (non-hydrogen) atoms. The Hall–Kier alpha value is -1.74. The summed E-state index contributed by atoms with van der Waals surface area (Å²) in [6.45, 7) is 2.63. The van der Waals surface area contributed by atoms with E-state index in [0.29, 0.717) is 23.0 Å². The largest absolute Gasteiger partial charge is 0.480 e. The highest BCUT2D eigenvalue weighted by Crippen LogP contribution is 2.40. The van der Waals surface area contributed by atoms with Gasteiger partial charge in [-0.05, 0) is 18.6 Å². The summed E-state index contributed by atoms with van der Waals surface area (Å²) in [7, 11) is 0. The van der Waals surface area contributed by atoms with Crippen molar-refractivity contribution in [3.05, 3.63) is 58.4 Å². The molecule has 1 N–H and O–H groups in total. The number of halogens is 2. The lowest BCUT2D eigenvalue weighted by molar-refractivity contribution is 0.210. The zero-order valence-electron chi connectivity index (χ0n) is 10.4. The first-order valence-corrected chi connectivity index (χ1v) is 6.47. The van der Waals surface area contributed by atoms with Crippen molar-refractivity contribution in [2.45, 2.75) is 13.0 Å². The number of ether oxygens (including phenoxy) is 1. The molecule has 0 amide bonds. The summed E-state index contributed by atoms with van der Waals surface area (Å²) in [6, 6.07) is 10.8. The van der Waals surface area contributed by atoms with Gasteiger partial charge in [0.2, 0.25) is 0 Å². The molecule has 0 bridgehead atoms. The van der Waals surface area contributed by atoms with Crippen LogP contribution in [-0.4, -0.2) is 6.54 Å². The quantitative estimate of drug-likeness (QED) is 0.837. The van der Waals surface area contributed by atoms with E-state index in [-0.39, 0.29) is 11.9 Å². The van der Waals surface area contributed by atoms with Gasteiger partial charge in [0.1, 0.15) is 11.9 Å². The van der Waals surface area contributed by atoms with Crippen LogP contribution < -0.4 is 10.1 Å². The van der Waals surface area contributed by atoms with Crippen LogP contribution in [-0.2, 0) is 0 Å². The fourth-order valence-corrected chi connectivity index (χ4v) is 2.50. The zero-order valence-corrected chi connectivity index (χ0v) is 11.2. The second-order valence-electron chi connectivity index (χ2n) is 4.67. The van der Waals surface area contributed by atoms with Crippen LogP contribution >= 0.6 is 11.6 Å². The van der Waals surface area contributed by atoms with E-state index in [2.05, 4.69) is 11.4 Å². The third-order valence-corrected chi connectivity index (χ3v) is 3.44. The Kier molecular flexibility index (Phi) is 3.07. The Labute approximate surface area is 116 Å². The number of rotatable bonds is 1. The minimum Gasteiger partial charge on any atom is -0.480 e. The molecule has 1 unspecified atom stereocenters. The molecule has 4 heteroatoms. The smallest absolute Gasteiger partial charge is 0.162 e. The van der Waals surface area contributed by atoms with Crippen molar-refractivity contribution in [1.29, 1.82) is 0 Å². The summed E-state index contributed by atoms with van der Waals surface area (Å²) >= 11 is 6.03. The summed E-state index contributed by atoms with van der Waals surface area (Å²) in [5.41, 5.74) is 2.87. The highest BCUT2D eigenvalue weighted by Gasteiger charge is 2.23. The van der Waals surface area contributed by atoms with Gasteiger partial charge in [0.15, 0.2) is 5.75 Å². The number of hydrogen-bond acceptors (Lipinski definition) is 2. The molecule has 0 spiro atoms. The minimum absolute atomic E-state index is 0.115. The molecule has 2 aromatic rings. The molecular weight excluding hydrogens is 265 g/mol. The van der Waals surface area contributed by atoms with E-state index in [1.54, 1.807) is 0 Å². The van der Waals surface area contributed by atoms with Crippen molar-refractivity contribution in [1.82, 2.24) is 0 Å². The maximum absolute atomic E-state index is 13.2. The van der Waals surface area contributed by atoms with Gasteiger partial charge in [0.25, 0.3) is 0 Å². The minimum atomic E-state index is -0.367. The Morgan fingerprint density at radius 1 is 1.32 bits per heavy atom. The second kappa shape index (κ2) is 4.74. The van der Waals surface area contributed by atoms with Crippen molar-refractivity contribution in [3.63, 3.8) is 0 Å². The van der Waals surface area contributed by atoms with Crippen LogP contribution in [0.2, 0.25) is 5.02 Å². The molecule has 98 valence electrons. The lowest BCUT2D eigenvalue weighted by atomic mass is 10.1. The Morgan fingerprint density at radius 2 is 2.16 bits per heavy atom. The molecule has 0 saturated carbocycles. The van der Waals surface area contributed by atoms with Gasteiger partial charge in [-0.1, -0.05) is 41.4 Å². The maximum atomic E-state index is 13.2. The SMILES string of the molecule is Cc1cccc(C2CNc3cc(F)cc(Cl)c3O2)c1. The number of nitrogens with one attached hydrogen (secondary N) is 1. The summed E-state index contributed by atoms with van der Waals surface area (Å²) < 4.78 is 19.1. The van der Waals surface area contributed by atoms with Crippen molar-refractivity contribution in [2.75, 3.05) is 11.9 Å². The van der Waals surface area contributed by atoms with Crippen LogP contribution in [0.4, 0.5) is 10.1 Å². The predicted molar refractivity (Wildman–Crippen MR) is 74.4 cm³/mol. The van der Waals surface area contributed by atoms with Gasteiger partial charge in [0.05, 0.1) is 17.3 Å². The normalized spacial score (nSPS) is 17.3. The van der Waals surface area contributed by atoms with Gasteiger partial charge in [0, 0.05) is 6.07 Å². The van der Waals surface area contributed by atoms with E-state index < -0.39 is 0 Å². The molecule has 3 rings (SSSR count). The van der Waals surface area contributed by atoms with Crippen LogP contribution in [0.5, 0.6) is 5.75 Å². The molecule has 1 aliphatic rings. The Morgan fingerprint density at radius 3 is 2.95 bits per heavy atom. The van der Waals surface area contributed by atoms with Crippen molar-refractivity contribution < 1.29 is 9.13 Å². The van der Waals surface area contributed by atoms with Crippen LogP contribution in [0.3, 0.4) is 0 Å². The lowest BCUT2D eigenvalue weighted by Gasteiger charge is -2.28. The standard InChI is InChI=1S/C15H13ClFNO/c1-9-3-2-4-10(5-9)14-8-18-13-7-11(17)6-12(16)15(13)19-14/h2-7,14,18H,8H2,1H3. The first kappa shape index (κ1) is 12.3. The lowest BCUT2D eigenvalue weighted by Crippen LogP contribution is -2.24. The molecule has 0 aliphatic carbocycles. The van der Waals surface area contributed by atoms with Crippen molar-refractivity contribution >= 4 is 17.3 Å². The third kappa shape index (κ3) is 2.38. The number of aryl methyl sites for hydroxylation is 1. The molecule has 0 saturated heterocycles. The number of benzene rings is 2. The monoisotopic (exact) mass is 277 g/mol. The molecule has 2 aromatic carbocycles. The van der Waals surface area contributed by atoms with Gasteiger partial charge in [-0.15, -0.1) is 0 Å². The maximum Gasteiger partial charge on any atom is 0.162 e. The molecule has 1 atom stereocenters. The topological polar surface area (TPSA) is 21.3 Å². The first-order chi connectivity index (χ1) is 9.13. The van der Waals surface area contributed by atoms with Gasteiger partial charge < -0.3 is 10.1 Å². The summed E-state index contributed by atoms with van der Waals surface area (Å²) in [6.07, 6.45) is -0.115. The van der Waals surface area contributed by atoms with E-state index >= 15 is 0 Å². The highest BCUT2D eigenvalue weighted by atomic mass is 35.5. The molecule has 0 fully saturated rings. The molecule has 0 aromatic heterocycles. The summed E-state index contributed by atoms with van der Waals surface area (Å²) in [5, 5.41) is 3.45. The Bertz CT molecular complexity index is 630. The summed E-state index contributed by atoms with van der Waals surface area (Å²) in [4.78, 5) is 0. The summed E-state index contributed by atoms with van der Waals surface area (Å²) in [5.74, 6) is 0.148. The first-order valence-electron chi connectivity index (χ1n) is 6.09. The van der Waals surface area contributed by atoms with Crippen LogP contribution in [0.15, 0.2) is 36.4 Å². The molecular formula is C15H13ClFNO. The molecule has 1 aliphatic heterocycles. The predicted octanol–water partition coefficient (Wildman–Crippen LogP) is 4.33. The van der Waals surface area contributed by atoms with E-state index in [0.717, 1.165) is 5.56 Å². The van der Waals surface area contributed by atoms with Gasteiger partial charge in [-0.25, -0.2) is 4.39 Å². The third-order valence-electron chi connectivity index (χ3n) is 3.16. The fourth-order valence-electron chi connectivity index (χ4n) is 2.25. The van der Waals surface area contributed by atoms with Crippen molar-refractivity contribution in [3.8, 4) is 5.75 Å². The number of anilines is 1. The van der Waals surface area contributed by atoms with Crippen LogP contribution in [0.1, 0.15) is 17.2 Å². The van der Waals surface area contributed by atoms with Crippen molar-refractivity contribution in [2.24, 2.45) is 0 Å². The second-order valence-corrected chi connectivity index (χ2v) is 5.07. The van der Waals surface area contributed by atoms with E-state index in [9.17, 15) is 4.39 Å². The van der Waals surface area contributed by atoms with Gasteiger partial charge >= 0.3 is 0 Å². The Balaban J connectivity index is 1.94. The van der Waals surface area contributed by atoms with Gasteiger partial charge in [-0.2, -0.15) is 0 Å². The average Bonchev–Trinajstić information content (AvgIpc) is 2.38.